The summed E-state index contributed by atoms with van der Waals surface area (Å²) in [5.74, 6) is 0.905. The van der Waals surface area contributed by atoms with Gasteiger partial charge in [0, 0.05) is 38.0 Å². The number of rotatable bonds is 7. The molecule has 1 aromatic heterocycles. The second kappa shape index (κ2) is 10.5. The van der Waals surface area contributed by atoms with Crippen molar-refractivity contribution >= 4 is 41.3 Å². The minimum absolute atomic E-state index is 0. The quantitative estimate of drug-likeness (QED) is 0.332. The van der Waals surface area contributed by atoms with Crippen LogP contribution in [-0.4, -0.2) is 42.6 Å². The highest BCUT2D eigenvalue weighted by molar-refractivity contribution is 14.0. The van der Waals surface area contributed by atoms with Gasteiger partial charge in [-0.05, 0) is 31.9 Å². The van der Waals surface area contributed by atoms with Crippen molar-refractivity contribution in [3.8, 4) is 0 Å². The van der Waals surface area contributed by atoms with E-state index in [2.05, 4.69) is 25.6 Å². The number of aliphatic imine (C=N–C) groups is 1. The number of nitrogens with zero attached hydrogens (tertiary/aromatic N) is 3. The first-order chi connectivity index (χ1) is 13.0. The summed E-state index contributed by atoms with van der Waals surface area (Å²) in [4.78, 5) is 11.3. The number of benzene rings is 1. The summed E-state index contributed by atoms with van der Waals surface area (Å²) in [7, 11) is 3.69. The normalized spacial score (nSPS) is 19.7. The van der Waals surface area contributed by atoms with E-state index in [0.29, 0.717) is 13.1 Å². The van der Waals surface area contributed by atoms with Gasteiger partial charge >= 0.3 is 0 Å². The lowest BCUT2D eigenvalue weighted by Gasteiger charge is -2.22. The smallest absolute Gasteiger partial charge is 0.194 e. The van der Waals surface area contributed by atoms with Gasteiger partial charge in [-0.1, -0.05) is 18.2 Å². The maximum atomic E-state index is 14.0. The van der Waals surface area contributed by atoms with Gasteiger partial charge in [-0.15, -0.1) is 35.3 Å². The van der Waals surface area contributed by atoms with Gasteiger partial charge in [0.25, 0.3) is 0 Å². The first-order valence-electron chi connectivity index (χ1n) is 9.27. The zero-order valence-electron chi connectivity index (χ0n) is 16.7. The highest BCUT2D eigenvalue weighted by Gasteiger charge is 2.40. The standard InChI is InChI=1S/C20H27FN4OS.HI/c1-5-22-20(24-18-10-16(18)15-8-6-7-9-17(15)21)25(3)11-14-12-27-19(23-14)13(2)26-4;/h6-9,12-13,16,18H,5,10-11H2,1-4H3,(H,22,24);1H. The molecule has 3 unspecified atom stereocenters. The van der Waals surface area contributed by atoms with E-state index < -0.39 is 0 Å². The Morgan fingerprint density at radius 2 is 2.21 bits per heavy atom. The van der Waals surface area contributed by atoms with Crippen molar-refractivity contribution in [2.75, 3.05) is 20.7 Å². The summed E-state index contributed by atoms with van der Waals surface area (Å²) in [6.07, 6.45) is 0.924. The van der Waals surface area contributed by atoms with Gasteiger partial charge in [-0.2, -0.15) is 0 Å². The van der Waals surface area contributed by atoms with Gasteiger partial charge < -0.3 is 15.0 Å². The molecule has 28 heavy (non-hydrogen) atoms. The Hall–Kier alpha value is -1.26. The Labute approximate surface area is 187 Å². The molecular formula is C20H28FIN4OS. The van der Waals surface area contributed by atoms with Gasteiger partial charge in [0.1, 0.15) is 16.9 Å². The lowest BCUT2D eigenvalue weighted by molar-refractivity contribution is 0.119. The lowest BCUT2D eigenvalue weighted by atomic mass is 10.1. The average molecular weight is 518 g/mol. The number of nitrogens with one attached hydrogen (secondary N) is 1. The van der Waals surface area contributed by atoms with Crippen LogP contribution in [0.5, 0.6) is 0 Å². The number of ether oxygens (including phenoxy) is 1. The topological polar surface area (TPSA) is 49.8 Å². The number of hydrogen-bond donors (Lipinski definition) is 1. The van der Waals surface area contributed by atoms with Crippen molar-refractivity contribution in [2.24, 2.45) is 4.99 Å². The van der Waals surface area contributed by atoms with Crippen LogP contribution in [0.1, 0.15) is 48.6 Å². The SMILES string of the molecule is CCN=C(NC1CC1c1ccccc1F)N(C)Cc1csc(C(C)OC)n1.I. The average Bonchev–Trinajstić information content (AvgIpc) is 3.27. The maximum absolute atomic E-state index is 14.0. The summed E-state index contributed by atoms with van der Waals surface area (Å²) < 4.78 is 19.3. The molecule has 3 atom stereocenters. The van der Waals surface area contributed by atoms with Crippen LogP contribution in [0.2, 0.25) is 0 Å². The summed E-state index contributed by atoms with van der Waals surface area (Å²) in [5.41, 5.74) is 1.78. The van der Waals surface area contributed by atoms with Gasteiger partial charge in [-0.25, -0.2) is 9.37 Å². The Morgan fingerprint density at radius 1 is 1.46 bits per heavy atom. The molecule has 5 nitrogen and oxygen atoms in total. The first kappa shape index (κ1) is 23.0. The van der Waals surface area contributed by atoms with Crippen molar-refractivity contribution in [3.63, 3.8) is 0 Å². The molecule has 0 spiro atoms. The van der Waals surface area contributed by atoms with Crippen LogP contribution in [0, 0.1) is 5.82 Å². The van der Waals surface area contributed by atoms with Crippen molar-refractivity contribution in [1.29, 1.82) is 0 Å². The van der Waals surface area contributed by atoms with Crippen LogP contribution < -0.4 is 5.32 Å². The molecule has 1 fully saturated rings. The van der Waals surface area contributed by atoms with Gasteiger partial charge in [0.15, 0.2) is 5.96 Å². The number of guanidine groups is 1. The maximum Gasteiger partial charge on any atom is 0.194 e. The summed E-state index contributed by atoms with van der Waals surface area (Å²) in [5, 5.41) is 6.52. The molecule has 1 aromatic carbocycles. The fraction of sp³-hybridized carbons (Fsp3) is 0.500. The Kier molecular flexibility index (Phi) is 8.63. The molecule has 1 aliphatic carbocycles. The van der Waals surface area contributed by atoms with Gasteiger partial charge in [0.2, 0.25) is 0 Å². The van der Waals surface area contributed by atoms with Crippen molar-refractivity contribution < 1.29 is 9.13 Å². The third kappa shape index (κ3) is 5.64. The molecule has 0 amide bonds. The fourth-order valence-corrected chi connectivity index (χ4v) is 3.91. The third-order valence-corrected chi connectivity index (χ3v) is 5.80. The molecule has 0 saturated heterocycles. The molecule has 8 heteroatoms. The zero-order chi connectivity index (χ0) is 19.4. The molecule has 0 bridgehead atoms. The molecule has 3 rings (SSSR count). The van der Waals surface area contributed by atoms with E-state index in [1.807, 2.05) is 33.0 Å². The zero-order valence-corrected chi connectivity index (χ0v) is 19.8. The van der Waals surface area contributed by atoms with Gasteiger partial charge in [0.05, 0.1) is 12.2 Å². The Morgan fingerprint density at radius 3 is 2.89 bits per heavy atom. The summed E-state index contributed by atoms with van der Waals surface area (Å²) in [6.45, 7) is 5.36. The van der Waals surface area contributed by atoms with Crippen LogP contribution in [0.3, 0.4) is 0 Å². The van der Waals surface area contributed by atoms with E-state index in [-0.39, 0.29) is 47.9 Å². The van der Waals surface area contributed by atoms with E-state index in [1.54, 1.807) is 24.5 Å². The second-order valence-electron chi connectivity index (χ2n) is 6.82. The van der Waals surface area contributed by atoms with Gasteiger partial charge in [-0.3, -0.25) is 4.99 Å². The number of methoxy groups -OCH3 is 1. The fourth-order valence-electron chi connectivity index (χ4n) is 3.07. The minimum atomic E-state index is -0.128. The summed E-state index contributed by atoms with van der Waals surface area (Å²) >= 11 is 1.61. The monoisotopic (exact) mass is 518 g/mol. The van der Waals surface area contributed by atoms with Crippen LogP contribution in [0.25, 0.3) is 0 Å². The van der Waals surface area contributed by atoms with Crippen LogP contribution in [0.4, 0.5) is 4.39 Å². The molecular weight excluding hydrogens is 490 g/mol. The molecule has 2 aromatic rings. The second-order valence-corrected chi connectivity index (χ2v) is 7.71. The van der Waals surface area contributed by atoms with Crippen molar-refractivity contribution in [3.05, 3.63) is 51.7 Å². The van der Waals surface area contributed by atoms with E-state index in [1.165, 1.54) is 6.07 Å². The largest absolute Gasteiger partial charge is 0.375 e. The third-order valence-electron chi connectivity index (χ3n) is 4.75. The van der Waals surface area contributed by atoms with Crippen LogP contribution in [0.15, 0.2) is 34.6 Å². The minimum Gasteiger partial charge on any atom is -0.375 e. The molecule has 1 N–H and O–H groups in total. The number of aromatic nitrogens is 1. The van der Waals surface area contributed by atoms with Crippen molar-refractivity contribution in [2.45, 2.75) is 44.9 Å². The Bertz CT molecular complexity index is 800. The number of hydrogen-bond acceptors (Lipinski definition) is 4. The lowest BCUT2D eigenvalue weighted by Crippen LogP contribution is -2.40. The molecule has 1 heterocycles. The highest BCUT2D eigenvalue weighted by atomic mass is 127. The van der Waals surface area contributed by atoms with Crippen LogP contribution in [-0.2, 0) is 11.3 Å². The molecule has 1 aliphatic rings. The van der Waals surface area contributed by atoms with E-state index in [9.17, 15) is 4.39 Å². The predicted octanol–water partition coefficient (Wildman–Crippen LogP) is 4.56. The van der Waals surface area contributed by atoms with E-state index in [4.69, 9.17) is 4.74 Å². The summed E-state index contributed by atoms with van der Waals surface area (Å²) in [6, 6.07) is 7.23. The Balaban J connectivity index is 0.00000280. The van der Waals surface area contributed by atoms with E-state index >= 15 is 0 Å². The number of thiazole rings is 1. The van der Waals surface area contributed by atoms with Crippen LogP contribution >= 0.6 is 35.3 Å². The molecule has 0 radical (unpaired) electrons. The van der Waals surface area contributed by atoms with E-state index in [0.717, 1.165) is 28.6 Å². The molecule has 0 aliphatic heterocycles. The predicted molar refractivity (Wildman–Crippen MR) is 123 cm³/mol. The highest BCUT2D eigenvalue weighted by Crippen LogP contribution is 2.41. The number of halogens is 2. The first-order valence-corrected chi connectivity index (χ1v) is 10.1. The van der Waals surface area contributed by atoms with Crippen molar-refractivity contribution in [1.82, 2.24) is 15.2 Å². The molecule has 1 saturated carbocycles. The molecule has 154 valence electrons.